The number of nitrogens with two attached hydrogens (primary N) is 1. The number of hydrogen-bond donors (Lipinski definition) is 3. The van der Waals surface area contributed by atoms with Crippen LogP contribution in [0.5, 0.6) is 5.75 Å². The van der Waals surface area contributed by atoms with E-state index in [2.05, 4.69) is 20.5 Å². The van der Waals surface area contributed by atoms with Gasteiger partial charge in [-0.1, -0.05) is 0 Å². The van der Waals surface area contributed by atoms with Crippen LogP contribution < -0.4 is 11.2 Å². The summed E-state index contributed by atoms with van der Waals surface area (Å²) in [7, 11) is 0. The lowest BCUT2D eigenvalue weighted by atomic mass is 10.1. The van der Waals surface area contributed by atoms with E-state index in [1.165, 1.54) is 6.33 Å². The summed E-state index contributed by atoms with van der Waals surface area (Å²) in [5, 5.41) is 36.0. The zero-order valence-corrected chi connectivity index (χ0v) is 15.3. The highest BCUT2D eigenvalue weighted by atomic mass is 32.1. The molecule has 4 N–H and O–H groups in total. The number of carbonyl (C=O) groups excluding carboxylic acids is 1. The van der Waals surface area contributed by atoms with Gasteiger partial charge in [-0.3, -0.25) is 25.0 Å². The van der Waals surface area contributed by atoms with E-state index in [1.54, 1.807) is 6.92 Å². The minimum absolute atomic E-state index is 0.222. The van der Waals surface area contributed by atoms with Gasteiger partial charge in [0.2, 0.25) is 5.75 Å². The minimum Gasteiger partial charge on any atom is -0.502 e. The molecule has 0 saturated carbocycles. The van der Waals surface area contributed by atoms with Crippen LogP contribution in [0.15, 0.2) is 23.6 Å². The van der Waals surface area contributed by atoms with Crippen LogP contribution in [0.1, 0.15) is 20.8 Å². The largest absolute Gasteiger partial charge is 0.502 e. The van der Waals surface area contributed by atoms with Gasteiger partial charge in [-0.15, -0.1) is 11.3 Å². The van der Waals surface area contributed by atoms with Crippen molar-refractivity contribution in [2.45, 2.75) is 6.92 Å². The van der Waals surface area contributed by atoms with E-state index in [1.807, 2.05) is 0 Å². The quantitative estimate of drug-likeness (QED) is 0.315. The lowest BCUT2D eigenvalue weighted by Crippen LogP contribution is -2.17. The van der Waals surface area contributed by atoms with Crippen LogP contribution in [0.2, 0.25) is 0 Å². The van der Waals surface area contributed by atoms with E-state index >= 15 is 0 Å². The molecule has 0 atom stereocenters. The molecule has 3 aromatic rings. The number of nitro benzene ring substituents is 2. The van der Waals surface area contributed by atoms with E-state index in [9.17, 15) is 30.1 Å². The first kappa shape index (κ1) is 19.6. The highest BCUT2D eigenvalue weighted by Gasteiger charge is 2.23. The summed E-state index contributed by atoms with van der Waals surface area (Å²) in [6, 6.07) is 1.51. The third kappa shape index (κ3) is 3.63. The Kier molecular flexibility index (Phi) is 5.01. The number of non-ortho nitro benzene ring substituents is 1. The Morgan fingerprint density at radius 2 is 2.03 bits per heavy atom. The zero-order valence-electron chi connectivity index (χ0n) is 14.5. The molecule has 2 aromatic heterocycles. The zero-order chi connectivity index (χ0) is 21.3. The molecule has 0 spiro atoms. The Hall–Kier alpha value is -4.20. The fourth-order valence-corrected chi connectivity index (χ4v) is 3.54. The number of benzene rings is 1. The van der Waals surface area contributed by atoms with Crippen LogP contribution in [-0.2, 0) is 0 Å². The predicted octanol–water partition coefficient (Wildman–Crippen LogP) is 1.87. The molecule has 1 amide bonds. The SMILES string of the molecule is Cc1c(C(=O)N/N=C\c2cc([N+](=O)[O-])cc([N+](=O)[O-])c2O)sc2ncnc(N)c12. The summed E-state index contributed by atoms with van der Waals surface area (Å²) in [6.07, 6.45) is 2.13. The highest BCUT2D eigenvalue weighted by Crippen LogP contribution is 2.34. The Balaban J connectivity index is 1.89. The molecule has 0 fully saturated rings. The van der Waals surface area contributed by atoms with Crippen LogP contribution in [0, 0.1) is 27.2 Å². The summed E-state index contributed by atoms with van der Waals surface area (Å²) in [5.41, 5.74) is 6.75. The van der Waals surface area contributed by atoms with Gasteiger partial charge in [0.1, 0.15) is 17.0 Å². The summed E-state index contributed by atoms with van der Waals surface area (Å²) in [6.45, 7) is 1.66. The van der Waals surface area contributed by atoms with Crippen LogP contribution in [0.25, 0.3) is 10.2 Å². The molecule has 13 nitrogen and oxygen atoms in total. The van der Waals surface area contributed by atoms with Crippen LogP contribution in [-0.4, -0.2) is 37.0 Å². The Morgan fingerprint density at radius 3 is 2.66 bits per heavy atom. The van der Waals surface area contributed by atoms with Crippen molar-refractivity contribution in [3.8, 4) is 5.75 Å². The number of anilines is 1. The van der Waals surface area contributed by atoms with Crippen LogP contribution in [0.3, 0.4) is 0 Å². The highest BCUT2D eigenvalue weighted by molar-refractivity contribution is 7.20. The van der Waals surface area contributed by atoms with Crippen molar-refractivity contribution in [1.29, 1.82) is 0 Å². The number of hydrazone groups is 1. The second-order valence-electron chi connectivity index (χ2n) is 5.61. The van der Waals surface area contributed by atoms with Crippen molar-refractivity contribution in [1.82, 2.24) is 15.4 Å². The summed E-state index contributed by atoms with van der Waals surface area (Å²) >= 11 is 1.06. The topological polar surface area (TPSA) is 200 Å². The molecule has 29 heavy (non-hydrogen) atoms. The summed E-state index contributed by atoms with van der Waals surface area (Å²) in [5.74, 6) is -1.22. The molecule has 0 saturated heterocycles. The number of nitrogens with zero attached hydrogens (tertiary/aromatic N) is 5. The molecule has 0 unspecified atom stereocenters. The molecule has 0 aliphatic heterocycles. The number of fused-ring (bicyclic) bond motifs is 1. The Labute approximate surface area is 164 Å². The lowest BCUT2D eigenvalue weighted by Gasteiger charge is -2.02. The summed E-state index contributed by atoms with van der Waals surface area (Å²) < 4.78 is 0. The van der Waals surface area contributed by atoms with Crippen molar-refractivity contribution in [2.24, 2.45) is 5.10 Å². The van der Waals surface area contributed by atoms with E-state index in [-0.39, 0.29) is 16.3 Å². The van der Waals surface area contributed by atoms with Gasteiger partial charge in [0.25, 0.3) is 11.6 Å². The number of rotatable bonds is 5. The van der Waals surface area contributed by atoms with E-state index < -0.39 is 32.9 Å². The maximum atomic E-state index is 12.4. The molecule has 0 radical (unpaired) electrons. The van der Waals surface area contributed by atoms with Gasteiger partial charge < -0.3 is 10.8 Å². The fraction of sp³-hybridized carbons (Fsp3) is 0.0667. The molecule has 14 heteroatoms. The standard InChI is InChI=1S/C15H11N7O6S/c1-6-10-13(16)17-5-18-15(10)29-12(6)14(24)20-19-4-7-2-8(21(25)26)3-9(11(7)23)22(27)28/h2-5,23H,1H3,(H,20,24)(H2,16,17,18)/b19-4-. The van der Waals surface area contributed by atoms with Gasteiger partial charge >= 0.3 is 5.69 Å². The first-order chi connectivity index (χ1) is 13.7. The normalized spacial score (nSPS) is 11.1. The number of phenols is 1. The van der Waals surface area contributed by atoms with Crippen LogP contribution in [0.4, 0.5) is 17.2 Å². The molecule has 148 valence electrons. The first-order valence-corrected chi connectivity index (χ1v) is 8.51. The first-order valence-electron chi connectivity index (χ1n) is 7.69. The number of carbonyl (C=O) groups is 1. The van der Waals surface area contributed by atoms with Crippen LogP contribution >= 0.6 is 11.3 Å². The number of nitro groups is 2. The maximum Gasteiger partial charge on any atom is 0.318 e. The molecule has 0 aliphatic rings. The number of nitrogens with one attached hydrogen (secondary N) is 1. The molecule has 0 aliphatic carbocycles. The third-order valence-electron chi connectivity index (χ3n) is 3.84. The monoisotopic (exact) mass is 417 g/mol. The number of aryl methyl sites for hydroxylation is 1. The average molecular weight is 417 g/mol. The van der Waals surface area contributed by atoms with Crippen molar-refractivity contribution in [3.63, 3.8) is 0 Å². The van der Waals surface area contributed by atoms with Gasteiger partial charge in [0.05, 0.1) is 38.0 Å². The predicted molar refractivity (Wildman–Crippen MR) is 103 cm³/mol. The van der Waals surface area contributed by atoms with Gasteiger partial charge in [-0.25, -0.2) is 15.4 Å². The van der Waals surface area contributed by atoms with Crippen molar-refractivity contribution < 1.29 is 19.7 Å². The molecular formula is C15H11N7O6S. The number of hydrogen-bond acceptors (Lipinski definition) is 11. The summed E-state index contributed by atoms with van der Waals surface area (Å²) in [4.78, 5) is 41.1. The maximum absolute atomic E-state index is 12.4. The van der Waals surface area contributed by atoms with E-state index in [0.29, 0.717) is 21.8 Å². The van der Waals surface area contributed by atoms with Gasteiger partial charge in [-0.05, 0) is 12.5 Å². The van der Waals surface area contributed by atoms with Crippen molar-refractivity contribution in [2.75, 3.05) is 5.73 Å². The van der Waals surface area contributed by atoms with E-state index in [0.717, 1.165) is 23.6 Å². The number of phenolic OH excluding ortho intramolecular Hbond substituents is 1. The van der Waals surface area contributed by atoms with Gasteiger partial charge in [0.15, 0.2) is 0 Å². The van der Waals surface area contributed by atoms with Gasteiger partial charge in [-0.2, -0.15) is 5.10 Å². The number of thiophene rings is 1. The number of amides is 1. The van der Waals surface area contributed by atoms with Crippen molar-refractivity contribution >= 4 is 50.9 Å². The smallest absolute Gasteiger partial charge is 0.318 e. The third-order valence-corrected chi connectivity index (χ3v) is 5.04. The fourth-order valence-electron chi connectivity index (χ4n) is 2.50. The number of aromatic hydroxyl groups is 1. The van der Waals surface area contributed by atoms with Crippen molar-refractivity contribution in [3.05, 3.63) is 54.7 Å². The second kappa shape index (κ2) is 7.43. The Morgan fingerprint density at radius 1 is 1.31 bits per heavy atom. The van der Waals surface area contributed by atoms with E-state index in [4.69, 9.17) is 5.73 Å². The number of nitrogen functional groups attached to an aromatic ring is 1. The average Bonchev–Trinajstić information content (AvgIpc) is 3.00. The molecule has 1 aromatic carbocycles. The molecular weight excluding hydrogens is 406 g/mol. The lowest BCUT2D eigenvalue weighted by molar-refractivity contribution is -0.394. The second-order valence-corrected chi connectivity index (χ2v) is 6.61. The molecule has 2 heterocycles. The molecule has 3 rings (SSSR count). The molecule has 0 bridgehead atoms. The minimum atomic E-state index is -0.968. The van der Waals surface area contributed by atoms with Gasteiger partial charge in [0, 0.05) is 6.07 Å². The number of aromatic nitrogens is 2. The Bertz CT molecular complexity index is 1210.